The third kappa shape index (κ3) is 5.21. The number of amides is 1. The first kappa shape index (κ1) is 22.5. The summed E-state index contributed by atoms with van der Waals surface area (Å²) in [5, 5.41) is 13.2. The van der Waals surface area contributed by atoms with E-state index in [1.54, 1.807) is 18.2 Å². The molecule has 172 valence electrons. The van der Waals surface area contributed by atoms with Gasteiger partial charge in [0.15, 0.2) is 0 Å². The van der Waals surface area contributed by atoms with Crippen molar-refractivity contribution in [2.75, 3.05) is 16.0 Å². The summed E-state index contributed by atoms with van der Waals surface area (Å²) in [6.45, 7) is -0.143. The number of nitrogens with two attached hydrogens (primary N) is 1. The Hall–Kier alpha value is -3.71. The zero-order chi connectivity index (χ0) is 23.8. The Morgan fingerprint density at radius 3 is 2.67 bits per heavy atom. The summed E-state index contributed by atoms with van der Waals surface area (Å²) in [5.74, 6) is -0.731. The normalized spacial score (nSPS) is 13.4. The number of fused-ring (bicyclic) bond motifs is 1. The van der Waals surface area contributed by atoms with E-state index in [1.807, 2.05) is 0 Å². The first-order valence-corrected chi connectivity index (χ1v) is 11.0. The summed E-state index contributed by atoms with van der Waals surface area (Å²) in [5.41, 5.74) is 1.21. The van der Waals surface area contributed by atoms with Crippen molar-refractivity contribution in [3.63, 3.8) is 0 Å². The third-order valence-corrected chi connectivity index (χ3v) is 5.68. The van der Waals surface area contributed by atoms with E-state index in [4.69, 9.17) is 5.14 Å². The van der Waals surface area contributed by atoms with E-state index in [9.17, 15) is 26.4 Å². The smallest absolute Gasteiger partial charge is 0.365 e. The van der Waals surface area contributed by atoms with E-state index in [-0.39, 0.29) is 29.7 Å². The van der Waals surface area contributed by atoms with Gasteiger partial charge < -0.3 is 16.0 Å². The van der Waals surface area contributed by atoms with Crippen LogP contribution in [0.15, 0.2) is 53.6 Å². The van der Waals surface area contributed by atoms with Crippen LogP contribution in [0.5, 0.6) is 0 Å². The van der Waals surface area contributed by atoms with E-state index < -0.39 is 27.6 Å². The van der Waals surface area contributed by atoms with Gasteiger partial charge in [0.25, 0.3) is 0 Å². The second kappa shape index (κ2) is 8.33. The number of halogens is 3. The summed E-state index contributed by atoms with van der Waals surface area (Å²) in [6.07, 6.45) is -3.87. The van der Waals surface area contributed by atoms with Gasteiger partial charge in [-0.15, -0.1) is 0 Å². The van der Waals surface area contributed by atoms with Gasteiger partial charge in [0.1, 0.15) is 11.4 Å². The minimum Gasteiger partial charge on any atom is -0.365 e. The van der Waals surface area contributed by atoms with Crippen LogP contribution in [0.3, 0.4) is 0 Å². The lowest BCUT2D eigenvalue weighted by Crippen LogP contribution is -2.15. The lowest BCUT2D eigenvalue weighted by atomic mass is 10.1. The molecule has 0 fully saturated rings. The number of carbonyl (C=O) groups is 1. The molecule has 2 heterocycles. The summed E-state index contributed by atoms with van der Waals surface area (Å²) < 4.78 is 63.4. The molecule has 1 aliphatic rings. The van der Waals surface area contributed by atoms with Gasteiger partial charge in [-0.1, -0.05) is 12.1 Å². The molecule has 3 aromatic rings. The number of alkyl halides is 3. The molecule has 1 aliphatic heterocycles. The quantitative estimate of drug-likeness (QED) is 0.427. The SMILES string of the molecule is NS(=O)(=O)c1cccc(CNc2nc(Nc3ccc4c(c3)CC(=O)N4)ncc2C(F)(F)F)c1. The predicted octanol–water partition coefficient (Wildman–Crippen LogP) is 2.99. The molecule has 2 aromatic carbocycles. The van der Waals surface area contributed by atoms with Gasteiger partial charge >= 0.3 is 6.18 Å². The molecule has 0 unspecified atom stereocenters. The van der Waals surface area contributed by atoms with E-state index in [1.165, 1.54) is 24.3 Å². The first-order chi connectivity index (χ1) is 15.5. The molecule has 33 heavy (non-hydrogen) atoms. The minimum atomic E-state index is -4.72. The van der Waals surface area contributed by atoms with Gasteiger partial charge in [-0.05, 0) is 41.5 Å². The molecule has 0 radical (unpaired) electrons. The van der Waals surface area contributed by atoms with Gasteiger partial charge in [0.05, 0.1) is 11.3 Å². The van der Waals surface area contributed by atoms with Crippen molar-refractivity contribution in [2.24, 2.45) is 5.14 Å². The summed E-state index contributed by atoms with van der Waals surface area (Å²) in [6, 6.07) is 10.5. The second-order valence-corrected chi connectivity index (χ2v) is 8.78. The molecule has 0 bridgehead atoms. The number of primary sulfonamides is 1. The van der Waals surface area contributed by atoms with E-state index in [0.29, 0.717) is 23.1 Å². The van der Waals surface area contributed by atoms with Crippen molar-refractivity contribution in [1.82, 2.24) is 9.97 Å². The Balaban J connectivity index is 1.58. The molecule has 0 atom stereocenters. The third-order valence-electron chi connectivity index (χ3n) is 4.77. The standard InChI is InChI=1S/C20H17F3N6O3S/c21-20(22,23)15-10-26-19(27-13-4-5-16-12(7-13)8-17(30)28-16)29-18(15)25-9-11-2-1-3-14(6-11)33(24,31)32/h1-7,10H,8-9H2,(H,28,30)(H2,24,31,32)(H2,25,26,27,29). The van der Waals surface area contributed by atoms with Crippen molar-refractivity contribution in [3.05, 3.63) is 65.4 Å². The van der Waals surface area contributed by atoms with Gasteiger partial charge in [-0.3, -0.25) is 4.79 Å². The van der Waals surface area contributed by atoms with E-state index in [0.717, 1.165) is 5.56 Å². The Morgan fingerprint density at radius 1 is 1.15 bits per heavy atom. The van der Waals surface area contributed by atoms with Crippen molar-refractivity contribution in [1.29, 1.82) is 0 Å². The maximum absolute atomic E-state index is 13.5. The van der Waals surface area contributed by atoms with Crippen LogP contribution in [0.1, 0.15) is 16.7 Å². The second-order valence-electron chi connectivity index (χ2n) is 7.22. The molecule has 0 saturated carbocycles. The largest absolute Gasteiger partial charge is 0.421 e. The number of benzene rings is 2. The number of sulfonamides is 1. The fraction of sp³-hybridized carbons (Fsp3) is 0.150. The molecule has 5 N–H and O–H groups in total. The number of nitrogens with one attached hydrogen (secondary N) is 3. The van der Waals surface area contributed by atoms with Crippen LogP contribution in [0, 0.1) is 0 Å². The number of aromatic nitrogens is 2. The molecule has 13 heteroatoms. The zero-order valence-electron chi connectivity index (χ0n) is 16.8. The molecular formula is C20H17F3N6O3S. The lowest BCUT2D eigenvalue weighted by Gasteiger charge is -2.15. The van der Waals surface area contributed by atoms with Crippen molar-refractivity contribution in [2.45, 2.75) is 24.0 Å². The highest BCUT2D eigenvalue weighted by Gasteiger charge is 2.35. The fourth-order valence-corrected chi connectivity index (χ4v) is 3.82. The number of rotatable bonds is 6. The lowest BCUT2D eigenvalue weighted by molar-refractivity contribution is -0.137. The molecule has 9 nitrogen and oxygen atoms in total. The molecule has 4 rings (SSSR count). The van der Waals surface area contributed by atoms with E-state index in [2.05, 4.69) is 25.9 Å². The summed E-state index contributed by atoms with van der Waals surface area (Å²) in [7, 11) is -3.96. The van der Waals surface area contributed by atoms with E-state index >= 15 is 0 Å². The average molecular weight is 478 g/mol. The summed E-state index contributed by atoms with van der Waals surface area (Å²) in [4.78, 5) is 19.0. The Morgan fingerprint density at radius 2 is 1.94 bits per heavy atom. The highest BCUT2D eigenvalue weighted by molar-refractivity contribution is 7.89. The first-order valence-electron chi connectivity index (χ1n) is 9.49. The Bertz CT molecular complexity index is 1350. The van der Waals surface area contributed by atoms with Gasteiger partial charge in [-0.25, -0.2) is 18.5 Å². The molecule has 0 saturated heterocycles. The number of nitrogens with zero attached hydrogens (tertiary/aromatic N) is 2. The number of hydrogen-bond acceptors (Lipinski definition) is 7. The highest BCUT2D eigenvalue weighted by Crippen LogP contribution is 2.34. The summed E-state index contributed by atoms with van der Waals surface area (Å²) >= 11 is 0. The van der Waals surface area contributed by atoms with Crippen molar-refractivity contribution >= 4 is 39.1 Å². The van der Waals surface area contributed by atoms with Crippen LogP contribution < -0.4 is 21.1 Å². The molecule has 1 amide bonds. The Labute approximate surface area is 186 Å². The van der Waals surface area contributed by atoms with Crippen LogP contribution in [0.4, 0.5) is 36.3 Å². The monoisotopic (exact) mass is 478 g/mol. The molecule has 0 aliphatic carbocycles. The minimum absolute atomic E-state index is 0.0963. The number of anilines is 4. The molecular weight excluding hydrogens is 461 g/mol. The number of hydrogen-bond donors (Lipinski definition) is 4. The molecule has 1 aromatic heterocycles. The van der Waals surface area contributed by atoms with Crippen molar-refractivity contribution in [3.8, 4) is 0 Å². The van der Waals surface area contributed by atoms with Crippen molar-refractivity contribution < 1.29 is 26.4 Å². The number of carbonyl (C=O) groups excluding carboxylic acids is 1. The van der Waals surface area contributed by atoms with Gasteiger partial charge in [-0.2, -0.15) is 18.2 Å². The maximum Gasteiger partial charge on any atom is 0.421 e. The predicted molar refractivity (Wildman–Crippen MR) is 114 cm³/mol. The van der Waals surface area contributed by atoms with Gasteiger partial charge in [0.2, 0.25) is 21.9 Å². The zero-order valence-corrected chi connectivity index (χ0v) is 17.6. The fourth-order valence-electron chi connectivity index (χ4n) is 3.24. The van der Waals surface area contributed by atoms with Crippen LogP contribution in [0.25, 0.3) is 0 Å². The molecule has 0 spiro atoms. The Kier molecular flexibility index (Phi) is 5.68. The van der Waals surface area contributed by atoms with Crippen LogP contribution in [-0.2, 0) is 34.0 Å². The van der Waals surface area contributed by atoms with Crippen LogP contribution >= 0.6 is 0 Å². The highest BCUT2D eigenvalue weighted by atomic mass is 32.2. The topological polar surface area (TPSA) is 139 Å². The average Bonchev–Trinajstić information content (AvgIpc) is 3.10. The van der Waals surface area contributed by atoms with Gasteiger partial charge in [0, 0.05) is 24.1 Å². The van der Waals surface area contributed by atoms with Crippen LogP contribution in [-0.4, -0.2) is 24.3 Å². The maximum atomic E-state index is 13.5. The van der Waals surface area contributed by atoms with Crippen LogP contribution in [0.2, 0.25) is 0 Å².